The third-order valence-corrected chi connectivity index (χ3v) is 12.5. The predicted molar refractivity (Wildman–Crippen MR) is 300 cm³/mol. The average molecular weight is 996 g/mol. The number of likely N-dealkylation sites (N-methyl/N-ethyl adjacent to an activating group) is 1. The number of ether oxygens (including phenoxy) is 1. The van der Waals surface area contributed by atoms with E-state index in [1.807, 2.05) is 39.4 Å². The van der Waals surface area contributed by atoms with E-state index in [9.17, 15) is 19.0 Å². The lowest BCUT2D eigenvalue weighted by atomic mass is 10.0. The molecule has 0 fully saturated rings. The number of phosphoric ester groups is 1. The molecule has 0 aliphatic carbocycles. The van der Waals surface area contributed by atoms with Crippen LogP contribution in [0.25, 0.3) is 0 Å². The van der Waals surface area contributed by atoms with Crippen LogP contribution >= 0.6 is 7.82 Å². The molecule has 0 heterocycles. The number of hydrogen-bond acceptors (Lipinski definition) is 6. The van der Waals surface area contributed by atoms with Gasteiger partial charge in [-0.1, -0.05) is 208 Å². The molecule has 0 saturated carbocycles. The Bertz CT molecular complexity index is 1570. The highest BCUT2D eigenvalue weighted by Gasteiger charge is 2.30. The van der Waals surface area contributed by atoms with E-state index in [2.05, 4.69) is 117 Å². The molecular formula is C60H104N2O7P+. The lowest BCUT2D eigenvalue weighted by Gasteiger charge is -2.27. The molecule has 0 bridgehead atoms. The van der Waals surface area contributed by atoms with Crippen LogP contribution in [0.4, 0.5) is 0 Å². The van der Waals surface area contributed by atoms with Gasteiger partial charge in [-0.3, -0.25) is 18.6 Å². The molecule has 0 radical (unpaired) electrons. The topological polar surface area (TPSA) is 111 Å². The lowest BCUT2D eigenvalue weighted by molar-refractivity contribution is -0.870. The quantitative estimate of drug-likeness (QED) is 0.0156. The van der Waals surface area contributed by atoms with Gasteiger partial charge in [0.15, 0.2) is 0 Å². The van der Waals surface area contributed by atoms with E-state index >= 15 is 0 Å². The number of amides is 1. The van der Waals surface area contributed by atoms with Crippen molar-refractivity contribution in [3.8, 4) is 0 Å². The first kappa shape index (κ1) is 66.7. The minimum Gasteiger partial charge on any atom is -0.456 e. The number of carbonyl (C=O) groups is 2. The van der Waals surface area contributed by atoms with Crippen LogP contribution in [-0.4, -0.2) is 74.3 Å². The van der Waals surface area contributed by atoms with Crippen LogP contribution in [0.5, 0.6) is 0 Å². The maximum atomic E-state index is 13.5. The second-order valence-electron chi connectivity index (χ2n) is 19.4. The van der Waals surface area contributed by atoms with Gasteiger partial charge in [0.2, 0.25) is 5.91 Å². The molecular weight excluding hydrogens is 892 g/mol. The van der Waals surface area contributed by atoms with Gasteiger partial charge in [-0.05, 0) is 96.0 Å². The van der Waals surface area contributed by atoms with Gasteiger partial charge < -0.3 is 19.4 Å². The van der Waals surface area contributed by atoms with Crippen LogP contribution in [0.2, 0.25) is 0 Å². The molecule has 0 saturated heterocycles. The Morgan fingerprint density at radius 2 is 0.986 bits per heavy atom. The Morgan fingerprint density at radius 3 is 1.54 bits per heavy atom. The number of carbonyl (C=O) groups excluding carboxylic acids is 2. The molecule has 0 aromatic rings. The Labute approximate surface area is 430 Å². The smallest absolute Gasteiger partial charge is 0.456 e. The van der Waals surface area contributed by atoms with Gasteiger partial charge in [-0.15, -0.1) is 0 Å². The third-order valence-electron chi connectivity index (χ3n) is 11.5. The monoisotopic (exact) mass is 996 g/mol. The van der Waals surface area contributed by atoms with Gasteiger partial charge >= 0.3 is 13.8 Å². The molecule has 3 atom stereocenters. The maximum absolute atomic E-state index is 13.5. The number of phosphoric acid groups is 1. The summed E-state index contributed by atoms with van der Waals surface area (Å²) in [6.07, 6.45) is 66.6. The molecule has 1 amide bonds. The molecule has 10 heteroatoms. The summed E-state index contributed by atoms with van der Waals surface area (Å²) in [5.41, 5.74) is 0. The largest absolute Gasteiger partial charge is 0.472 e. The van der Waals surface area contributed by atoms with E-state index in [-0.39, 0.29) is 31.5 Å². The van der Waals surface area contributed by atoms with Gasteiger partial charge in [-0.2, -0.15) is 0 Å². The number of allylic oxidation sites excluding steroid dienone is 17. The van der Waals surface area contributed by atoms with Crippen LogP contribution < -0.4 is 5.32 Å². The Balaban J connectivity index is 5.46. The summed E-state index contributed by atoms with van der Waals surface area (Å²) in [7, 11) is 1.44. The minimum absolute atomic E-state index is 0.0243. The summed E-state index contributed by atoms with van der Waals surface area (Å²) in [6.45, 7) is 6.69. The molecule has 0 aliphatic heterocycles. The van der Waals surface area contributed by atoms with Gasteiger partial charge in [0, 0.05) is 12.8 Å². The summed E-state index contributed by atoms with van der Waals surface area (Å²) >= 11 is 0. The number of rotatable bonds is 48. The van der Waals surface area contributed by atoms with Crippen molar-refractivity contribution in [1.82, 2.24) is 5.32 Å². The number of quaternary nitrogens is 1. The first-order chi connectivity index (χ1) is 33.9. The van der Waals surface area contributed by atoms with Crippen molar-refractivity contribution < 1.29 is 37.3 Å². The standard InChI is InChI=1S/C60H103N2O7P/c1-7-10-13-16-19-22-25-28-29-30-31-32-33-35-38-41-44-47-50-53-60(64)69-58(51-48-45-42-39-36-27-24-21-18-15-12-9-3)57(56-68-70(65,66)67-55-54-62(4,5)6)61-59(63)52-49-46-43-40-37-34-26-23-20-17-14-11-8-2/h10-11,13-14,17,19-20,22-23,26,28-29,31-32,35,38,48,51,57-58H,7-9,12,15-16,18,21,24-25,27,30,33-34,36-37,39-47,49-50,52-56H2,1-6H3,(H-,61,63,65,66)/p+1/b13-10-,14-11+,20-17+,22-19-,26-23-,29-28-,32-31-,38-35-,51-48-. The van der Waals surface area contributed by atoms with Gasteiger partial charge in [0.25, 0.3) is 0 Å². The zero-order valence-corrected chi connectivity index (χ0v) is 46.4. The summed E-state index contributed by atoms with van der Waals surface area (Å²) in [6, 6.07) is -0.878. The van der Waals surface area contributed by atoms with Crippen molar-refractivity contribution >= 4 is 19.7 Å². The van der Waals surface area contributed by atoms with Crippen molar-refractivity contribution in [2.75, 3.05) is 40.9 Å². The highest BCUT2D eigenvalue weighted by atomic mass is 31.2. The van der Waals surface area contributed by atoms with Crippen LogP contribution in [0, 0.1) is 0 Å². The number of unbranched alkanes of at least 4 members (excludes halogenated alkanes) is 18. The second kappa shape index (κ2) is 49.3. The van der Waals surface area contributed by atoms with E-state index < -0.39 is 20.0 Å². The highest BCUT2D eigenvalue weighted by Crippen LogP contribution is 2.43. The van der Waals surface area contributed by atoms with E-state index in [0.717, 1.165) is 109 Å². The van der Waals surface area contributed by atoms with Gasteiger partial charge in [-0.25, -0.2) is 4.57 Å². The zero-order chi connectivity index (χ0) is 51.5. The highest BCUT2D eigenvalue weighted by molar-refractivity contribution is 7.47. The van der Waals surface area contributed by atoms with E-state index in [4.69, 9.17) is 13.8 Å². The Hall–Kier alpha value is -3.33. The first-order valence-corrected chi connectivity index (χ1v) is 29.2. The van der Waals surface area contributed by atoms with Crippen LogP contribution in [0.1, 0.15) is 207 Å². The van der Waals surface area contributed by atoms with E-state index in [0.29, 0.717) is 30.3 Å². The summed E-state index contributed by atoms with van der Waals surface area (Å²) < 4.78 is 30.5. The molecule has 2 N–H and O–H groups in total. The Kier molecular flexibility index (Phi) is 46.9. The predicted octanol–water partition coefficient (Wildman–Crippen LogP) is 16.6. The third kappa shape index (κ3) is 49.6. The molecule has 0 spiro atoms. The number of hydrogen-bond donors (Lipinski definition) is 2. The summed E-state index contributed by atoms with van der Waals surface area (Å²) in [5, 5.41) is 3.02. The zero-order valence-electron chi connectivity index (χ0n) is 45.5. The fraction of sp³-hybridized carbons (Fsp3) is 0.667. The minimum atomic E-state index is -4.46. The molecule has 0 aromatic heterocycles. The van der Waals surface area contributed by atoms with Crippen molar-refractivity contribution in [3.05, 3.63) is 109 Å². The van der Waals surface area contributed by atoms with E-state index in [1.54, 1.807) is 0 Å². The molecule has 70 heavy (non-hydrogen) atoms. The molecule has 400 valence electrons. The molecule has 0 aromatic carbocycles. The van der Waals surface area contributed by atoms with Crippen molar-refractivity contribution in [1.29, 1.82) is 0 Å². The summed E-state index contributed by atoms with van der Waals surface area (Å²) in [5.74, 6) is -0.577. The Morgan fingerprint density at radius 1 is 0.529 bits per heavy atom. The second-order valence-corrected chi connectivity index (χ2v) is 20.9. The van der Waals surface area contributed by atoms with Crippen molar-refractivity contribution in [3.63, 3.8) is 0 Å². The lowest BCUT2D eigenvalue weighted by Crippen LogP contribution is -2.47. The molecule has 3 unspecified atom stereocenters. The maximum Gasteiger partial charge on any atom is 0.472 e. The van der Waals surface area contributed by atoms with Crippen LogP contribution in [0.15, 0.2) is 109 Å². The van der Waals surface area contributed by atoms with E-state index in [1.165, 1.54) is 51.4 Å². The fourth-order valence-electron chi connectivity index (χ4n) is 7.26. The average Bonchev–Trinajstić information content (AvgIpc) is 3.32. The SMILES string of the molecule is CC/C=C\C/C=C\C/C=C\C/C=C\C/C=C\CCCCCC(=O)OC(/C=C\CCCCCCCCCCCC)C(COP(=O)(O)OCC[N+](C)(C)C)NC(=O)CCCCCCC\C=C/C=C/C=C/CC. The number of esters is 1. The van der Waals surface area contributed by atoms with Crippen molar-refractivity contribution in [2.24, 2.45) is 0 Å². The first-order valence-electron chi connectivity index (χ1n) is 27.7. The molecule has 9 nitrogen and oxygen atoms in total. The number of nitrogens with one attached hydrogen (secondary N) is 1. The van der Waals surface area contributed by atoms with Gasteiger partial charge in [0.05, 0.1) is 33.8 Å². The fourth-order valence-corrected chi connectivity index (χ4v) is 7.99. The number of nitrogens with zero attached hydrogens (tertiary/aromatic N) is 1. The van der Waals surface area contributed by atoms with Gasteiger partial charge in [0.1, 0.15) is 19.3 Å². The molecule has 0 aliphatic rings. The van der Waals surface area contributed by atoms with Crippen LogP contribution in [0.3, 0.4) is 0 Å². The molecule has 0 rings (SSSR count). The normalized spacial score (nSPS) is 14.7. The van der Waals surface area contributed by atoms with Crippen LogP contribution in [-0.2, 0) is 27.9 Å². The summed E-state index contributed by atoms with van der Waals surface area (Å²) in [4.78, 5) is 37.5. The van der Waals surface area contributed by atoms with Crippen molar-refractivity contribution in [2.45, 2.75) is 219 Å².